The second kappa shape index (κ2) is 8.81. The highest BCUT2D eigenvalue weighted by Crippen LogP contribution is 2.22. The third-order valence-electron chi connectivity index (χ3n) is 5.01. The van der Waals surface area contributed by atoms with E-state index in [0.29, 0.717) is 0 Å². The van der Waals surface area contributed by atoms with Crippen LogP contribution in [0.25, 0.3) is 0 Å². The summed E-state index contributed by atoms with van der Waals surface area (Å²) in [6.07, 6.45) is 5.70. The van der Waals surface area contributed by atoms with Crippen LogP contribution >= 0.6 is 0 Å². The van der Waals surface area contributed by atoms with Crippen LogP contribution in [0.1, 0.15) is 31.2 Å². The predicted octanol–water partition coefficient (Wildman–Crippen LogP) is 2.61. The zero-order valence-corrected chi connectivity index (χ0v) is 15.1. The van der Waals surface area contributed by atoms with Crippen molar-refractivity contribution in [1.29, 1.82) is 0 Å². The van der Waals surface area contributed by atoms with E-state index in [1.165, 1.54) is 0 Å². The van der Waals surface area contributed by atoms with Crippen LogP contribution in [0.2, 0.25) is 0 Å². The fourth-order valence-corrected chi connectivity index (χ4v) is 3.55. The van der Waals surface area contributed by atoms with Gasteiger partial charge in [0, 0.05) is 38.6 Å². The second-order valence-corrected chi connectivity index (χ2v) is 6.66. The Kier molecular flexibility index (Phi) is 6.23. The highest BCUT2D eigenvalue weighted by molar-refractivity contribution is 5.83. The molecule has 5 heteroatoms. The van der Waals surface area contributed by atoms with E-state index in [-0.39, 0.29) is 11.8 Å². The Hall–Kier alpha value is -2.14. The lowest BCUT2D eigenvalue weighted by molar-refractivity contribution is -0.132. The average Bonchev–Trinajstić information content (AvgIpc) is 3.05. The largest absolute Gasteiger partial charge is 0.341 e. The van der Waals surface area contributed by atoms with E-state index < -0.39 is 0 Å². The van der Waals surface area contributed by atoms with E-state index in [9.17, 15) is 4.79 Å². The van der Waals surface area contributed by atoms with Gasteiger partial charge in [0.05, 0.1) is 12.5 Å². The van der Waals surface area contributed by atoms with Gasteiger partial charge in [0.15, 0.2) is 0 Å². The number of hydrogen-bond donors (Lipinski definition) is 0. The van der Waals surface area contributed by atoms with E-state index in [4.69, 9.17) is 0 Å². The maximum absolute atomic E-state index is 13.0. The van der Waals surface area contributed by atoms with E-state index in [1.807, 2.05) is 41.3 Å². The van der Waals surface area contributed by atoms with Gasteiger partial charge < -0.3 is 4.90 Å². The highest BCUT2D eigenvalue weighted by atomic mass is 16.2. The minimum absolute atomic E-state index is 0.0168. The molecule has 0 spiro atoms. The number of benzene rings is 1. The Morgan fingerprint density at radius 1 is 1.08 bits per heavy atom. The molecule has 0 N–H and O–H groups in total. The predicted molar refractivity (Wildman–Crippen MR) is 99.3 cm³/mol. The fourth-order valence-electron chi connectivity index (χ4n) is 3.55. The Balaban J connectivity index is 1.55. The zero-order valence-electron chi connectivity index (χ0n) is 15.1. The van der Waals surface area contributed by atoms with Crippen molar-refractivity contribution in [1.82, 2.24) is 19.6 Å². The van der Waals surface area contributed by atoms with Crippen LogP contribution in [0.3, 0.4) is 0 Å². The Bertz CT molecular complexity index is 641. The molecule has 1 aliphatic rings. The van der Waals surface area contributed by atoms with Crippen molar-refractivity contribution in [2.24, 2.45) is 0 Å². The van der Waals surface area contributed by atoms with Crippen LogP contribution in [-0.4, -0.2) is 58.2 Å². The van der Waals surface area contributed by atoms with Crippen molar-refractivity contribution in [2.45, 2.75) is 32.2 Å². The van der Waals surface area contributed by atoms with Crippen LogP contribution in [0, 0.1) is 0 Å². The molecule has 1 amide bonds. The van der Waals surface area contributed by atoms with Crippen LogP contribution in [0.5, 0.6) is 0 Å². The molecule has 1 fully saturated rings. The lowest BCUT2D eigenvalue weighted by Gasteiger charge is -2.26. The summed E-state index contributed by atoms with van der Waals surface area (Å²) < 4.78 is 1.97. The summed E-state index contributed by atoms with van der Waals surface area (Å²) in [5.41, 5.74) is 1.13. The first-order valence-corrected chi connectivity index (χ1v) is 9.31. The van der Waals surface area contributed by atoms with E-state index in [1.54, 1.807) is 0 Å². The maximum Gasteiger partial charge on any atom is 0.230 e. The standard InChI is InChI=1S/C20H28N4O/c1-2-19(18-8-4-3-5-9-18)20(25)23-12-7-11-22(14-16-23)15-17-24-13-6-10-21-24/h3-6,8-10,13,19H,2,7,11-12,14-17H2,1H3/t19-/m1/s1. The smallest absolute Gasteiger partial charge is 0.230 e. The number of nitrogens with zero attached hydrogens (tertiary/aromatic N) is 4. The van der Waals surface area contributed by atoms with Gasteiger partial charge in [-0.25, -0.2) is 0 Å². The first-order valence-electron chi connectivity index (χ1n) is 9.31. The number of rotatable bonds is 6. The Morgan fingerprint density at radius 3 is 2.64 bits per heavy atom. The van der Waals surface area contributed by atoms with Crippen LogP contribution in [-0.2, 0) is 11.3 Å². The zero-order chi connectivity index (χ0) is 17.5. The minimum atomic E-state index is -0.0168. The molecular formula is C20H28N4O. The van der Waals surface area contributed by atoms with Crippen molar-refractivity contribution in [3.05, 3.63) is 54.4 Å². The summed E-state index contributed by atoms with van der Waals surface area (Å²) >= 11 is 0. The summed E-state index contributed by atoms with van der Waals surface area (Å²) in [6, 6.07) is 12.1. The van der Waals surface area contributed by atoms with Crippen LogP contribution in [0.4, 0.5) is 0 Å². The Morgan fingerprint density at radius 2 is 1.92 bits per heavy atom. The number of amides is 1. The first kappa shape index (κ1) is 17.7. The molecule has 2 aromatic rings. The summed E-state index contributed by atoms with van der Waals surface area (Å²) in [7, 11) is 0. The molecule has 1 atom stereocenters. The van der Waals surface area contributed by atoms with Gasteiger partial charge in [-0.1, -0.05) is 37.3 Å². The minimum Gasteiger partial charge on any atom is -0.341 e. The maximum atomic E-state index is 13.0. The average molecular weight is 340 g/mol. The lowest BCUT2D eigenvalue weighted by Crippen LogP contribution is -2.38. The molecule has 1 saturated heterocycles. The van der Waals surface area contributed by atoms with Crippen molar-refractivity contribution >= 4 is 5.91 Å². The van der Waals surface area contributed by atoms with Crippen LogP contribution in [0.15, 0.2) is 48.8 Å². The van der Waals surface area contributed by atoms with Crippen molar-refractivity contribution < 1.29 is 4.79 Å². The van der Waals surface area contributed by atoms with Gasteiger partial charge in [0.1, 0.15) is 0 Å². The molecule has 5 nitrogen and oxygen atoms in total. The second-order valence-electron chi connectivity index (χ2n) is 6.66. The van der Waals surface area contributed by atoms with E-state index >= 15 is 0 Å². The highest BCUT2D eigenvalue weighted by Gasteiger charge is 2.26. The third-order valence-corrected chi connectivity index (χ3v) is 5.01. The molecule has 1 aromatic heterocycles. The molecule has 3 rings (SSSR count). The molecule has 0 aliphatic carbocycles. The molecule has 0 saturated carbocycles. The van der Waals surface area contributed by atoms with Gasteiger partial charge in [-0.15, -0.1) is 0 Å². The van der Waals surface area contributed by atoms with Gasteiger partial charge in [-0.05, 0) is 31.0 Å². The SMILES string of the molecule is CC[C@@H](C(=O)N1CCCN(CCn2cccn2)CC1)c1ccccc1. The molecule has 0 unspecified atom stereocenters. The van der Waals surface area contributed by atoms with Crippen molar-refractivity contribution in [2.75, 3.05) is 32.7 Å². The van der Waals surface area contributed by atoms with Crippen molar-refractivity contribution in [3.8, 4) is 0 Å². The topological polar surface area (TPSA) is 41.4 Å². The molecule has 25 heavy (non-hydrogen) atoms. The van der Waals surface area contributed by atoms with Gasteiger partial charge in [0.2, 0.25) is 5.91 Å². The molecule has 134 valence electrons. The van der Waals surface area contributed by atoms with Gasteiger partial charge in [0.25, 0.3) is 0 Å². The Labute approximate surface area is 150 Å². The number of hydrogen-bond acceptors (Lipinski definition) is 3. The van der Waals surface area contributed by atoms with Gasteiger partial charge >= 0.3 is 0 Å². The molecule has 0 bridgehead atoms. The summed E-state index contributed by atoms with van der Waals surface area (Å²) in [4.78, 5) is 17.5. The number of aromatic nitrogens is 2. The molecule has 1 aromatic carbocycles. The van der Waals surface area contributed by atoms with Gasteiger partial charge in [-0.3, -0.25) is 14.4 Å². The number of carbonyl (C=O) groups is 1. The molecular weight excluding hydrogens is 312 g/mol. The summed E-state index contributed by atoms with van der Waals surface area (Å²) in [6.45, 7) is 7.67. The summed E-state index contributed by atoms with van der Waals surface area (Å²) in [5, 5.41) is 4.26. The van der Waals surface area contributed by atoms with Crippen molar-refractivity contribution in [3.63, 3.8) is 0 Å². The molecule has 2 heterocycles. The quantitative estimate of drug-likeness (QED) is 0.812. The molecule has 0 radical (unpaired) electrons. The van der Waals surface area contributed by atoms with Gasteiger partial charge in [-0.2, -0.15) is 5.10 Å². The van der Waals surface area contributed by atoms with E-state index in [2.05, 4.69) is 34.0 Å². The first-order chi connectivity index (χ1) is 12.3. The normalized spacial score (nSPS) is 17.2. The van der Waals surface area contributed by atoms with Crippen LogP contribution < -0.4 is 0 Å². The van der Waals surface area contributed by atoms with E-state index in [0.717, 1.165) is 57.7 Å². The number of carbonyl (C=O) groups excluding carboxylic acids is 1. The lowest BCUT2D eigenvalue weighted by atomic mass is 9.95. The molecule has 1 aliphatic heterocycles. The fraction of sp³-hybridized carbons (Fsp3) is 0.500. The summed E-state index contributed by atoms with van der Waals surface area (Å²) in [5.74, 6) is 0.263. The third kappa shape index (κ3) is 4.69. The monoisotopic (exact) mass is 340 g/mol.